The lowest BCUT2D eigenvalue weighted by atomic mass is 10.1. The van der Waals surface area contributed by atoms with E-state index in [0.29, 0.717) is 5.82 Å². The summed E-state index contributed by atoms with van der Waals surface area (Å²) in [6, 6.07) is 9.92. The van der Waals surface area contributed by atoms with E-state index in [2.05, 4.69) is 34.6 Å². The highest BCUT2D eigenvalue weighted by Gasteiger charge is 2.04. The normalized spacial score (nSPS) is 11.2. The highest BCUT2D eigenvalue weighted by molar-refractivity contribution is 5.52. The van der Waals surface area contributed by atoms with Crippen molar-refractivity contribution in [1.29, 1.82) is 0 Å². The van der Waals surface area contributed by atoms with Crippen LogP contribution in [0.3, 0.4) is 0 Å². The number of aromatic nitrogens is 4. The minimum absolute atomic E-state index is 0.686. The molecule has 0 aliphatic carbocycles. The van der Waals surface area contributed by atoms with Crippen molar-refractivity contribution in [3.63, 3.8) is 0 Å². The summed E-state index contributed by atoms with van der Waals surface area (Å²) in [5.41, 5.74) is 1.00. The third kappa shape index (κ3) is 4.74. The molecule has 5 nitrogen and oxygen atoms in total. The minimum Gasteiger partial charge on any atom is -0.315 e. The Hall–Kier alpha value is -1.75. The average Bonchev–Trinajstić information content (AvgIpc) is 2.92. The number of nitrogens with one attached hydrogen (secondary N) is 1. The SMILES string of the molecule is CC(C)CCCNCCn1nnc(-c2ccccc2)n1. The molecule has 0 saturated carbocycles. The number of hydrogen-bond acceptors (Lipinski definition) is 4. The predicted molar refractivity (Wildman–Crippen MR) is 80.2 cm³/mol. The van der Waals surface area contributed by atoms with Gasteiger partial charge < -0.3 is 5.32 Å². The summed E-state index contributed by atoms with van der Waals surface area (Å²) in [5.74, 6) is 1.47. The minimum atomic E-state index is 0.686. The quantitative estimate of drug-likeness (QED) is 0.750. The average molecular weight is 273 g/mol. The third-order valence-electron chi connectivity index (χ3n) is 3.11. The molecule has 1 aromatic carbocycles. The van der Waals surface area contributed by atoms with Crippen molar-refractivity contribution in [2.75, 3.05) is 13.1 Å². The second kappa shape index (κ2) is 7.75. The Bertz CT molecular complexity index is 492. The molecule has 0 aliphatic heterocycles. The van der Waals surface area contributed by atoms with Gasteiger partial charge in [-0.2, -0.15) is 4.80 Å². The zero-order valence-corrected chi connectivity index (χ0v) is 12.3. The van der Waals surface area contributed by atoms with E-state index < -0.39 is 0 Å². The summed E-state index contributed by atoms with van der Waals surface area (Å²) in [7, 11) is 0. The fourth-order valence-electron chi connectivity index (χ4n) is 1.98. The Morgan fingerprint density at radius 3 is 2.70 bits per heavy atom. The van der Waals surface area contributed by atoms with E-state index in [1.807, 2.05) is 30.3 Å². The summed E-state index contributed by atoms with van der Waals surface area (Å²) in [5, 5.41) is 15.9. The van der Waals surface area contributed by atoms with Crippen LogP contribution < -0.4 is 5.32 Å². The monoisotopic (exact) mass is 273 g/mol. The highest BCUT2D eigenvalue weighted by Crippen LogP contribution is 2.11. The lowest BCUT2D eigenvalue weighted by Gasteiger charge is -2.05. The largest absolute Gasteiger partial charge is 0.315 e. The van der Waals surface area contributed by atoms with E-state index in [4.69, 9.17) is 0 Å². The third-order valence-corrected chi connectivity index (χ3v) is 3.11. The maximum Gasteiger partial charge on any atom is 0.204 e. The summed E-state index contributed by atoms with van der Waals surface area (Å²) in [4.78, 5) is 1.65. The molecule has 0 atom stereocenters. The van der Waals surface area contributed by atoms with Crippen LogP contribution >= 0.6 is 0 Å². The van der Waals surface area contributed by atoms with Crippen molar-refractivity contribution < 1.29 is 0 Å². The van der Waals surface area contributed by atoms with E-state index in [1.54, 1.807) is 4.80 Å². The molecule has 0 aliphatic rings. The van der Waals surface area contributed by atoms with Gasteiger partial charge in [0.05, 0.1) is 6.54 Å². The van der Waals surface area contributed by atoms with Gasteiger partial charge in [-0.15, -0.1) is 10.2 Å². The van der Waals surface area contributed by atoms with Gasteiger partial charge in [0, 0.05) is 12.1 Å². The number of benzene rings is 1. The Kier molecular flexibility index (Phi) is 5.68. The van der Waals surface area contributed by atoms with Crippen LogP contribution in [0.1, 0.15) is 26.7 Å². The molecule has 1 heterocycles. The van der Waals surface area contributed by atoms with Gasteiger partial charge in [-0.3, -0.25) is 0 Å². The predicted octanol–water partition coefficient (Wildman–Crippen LogP) is 2.37. The van der Waals surface area contributed by atoms with Crippen molar-refractivity contribution in [2.24, 2.45) is 5.92 Å². The summed E-state index contributed by atoms with van der Waals surface area (Å²) >= 11 is 0. The molecule has 0 amide bonds. The maximum atomic E-state index is 4.38. The van der Waals surface area contributed by atoms with Gasteiger partial charge in [0.25, 0.3) is 0 Å². The van der Waals surface area contributed by atoms with Crippen LogP contribution in [0, 0.1) is 5.92 Å². The zero-order chi connectivity index (χ0) is 14.2. The molecule has 2 rings (SSSR count). The van der Waals surface area contributed by atoms with Gasteiger partial charge in [0.15, 0.2) is 0 Å². The molecular weight excluding hydrogens is 250 g/mol. The van der Waals surface area contributed by atoms with Gasteiger partial charge >= 0.3 is 0 Å². The van der Waals surface area contributed by atoms with E-state index in [-0.39, 0.29) is 0 Å². The molecule has 108 valence electrons. The van der Waals surface area contributed by atoms with Crippen LogP contribution in [-0.4, -0.2) is 33.3 Å². The van der Waals surface area contributed by atoms with Crippen LogP contribution in [0.2, 0.25) is 0 Å². The summed E-state index contributed by atoms with van der Waals surface area (Å²) in [6.45, 7) is 7.19. The first kappa shape index (κ1) is 14.7. The fraction of sp³-hybridized carbons (Fsp3) is 0.533. The Balaban J connectivity index is 1.71. The lowest BCUT2D eigenvalue weighted by molar-refractivity contribution is 0.474. The van der Waals surface area contributed by atoms with Crippen LogP contribution in [0.15, 0.2) is 30.3 Å². The molecule has 1 aromatic heterocycles. The van der Waals surface area contributed by atoms with Crippen molar-refractivity contribution >= 4 is 0 Å². The van der Waals surface area contributed by atoms with Crippen molar-refractivity contribution in [1.82, 2.24) is 25.5 Å². The maximum absolute atomic E-state index is 4.38. The molecular formula is C15H23N5. The first-order chi connectivity index (χ1) is 9.75. The fourth-order valence-corrected chi connectivity index (χ4v) is 1.98. The standard InChI is InChI=1S/C15H23N5/c1-13(2)7-6-10-16-11-12-20-18-15(17-19-20)14-8-4-3-5-9-14/h3-5,8-9,13,16H,6-7,10-12H2,1-2H3. The van der Waals surface area contributed by atoms with Gasteiger partial charge in [-0.05, 0) is 30.5 Å². The molecule has 2 aromatic rings. The number of nitrogens with zero attached hydrogens (tertiary/aromatic N) is 4. The molecule has 0 unspecified atom stereocenters. The number of rotatable bonds is 8. The van der Waals surface area contributed by atoms with Crippen LogP contribution in [0.25, 0.3) is 11.4 Å². The van der Waals surface area contributed by atoms with E-state index in [1.165, 1.54) is 12.8 Å². The zero-order valence-electron chi connectivity index (χ0n) is 12.3. The van der Waals surface area contributed by atoms with E-state index in [0.717, 1.165) is 31.1 Å². The van der Waals surface area contributed by atoms with Gasteiger partial charge in [-0.1, -0.05) is 44.2 Å². The van der Waals surface area contributed by atoms with Gasteiger partial charge in [0.1, 0.15) is 0 Å². The topological polar surface area (TPSA) is 55.6 Å². The molecule has 0 fully saturated rings. The molecule has 20 heavy (non-hydrogen) atoms. The molecule has 0 radical (unpaired) electrons. The van der Waals surface area contributed by atoms with Crippen LogP contribution in [0.4, 0.5) is 0 Å². The molecule has 1 N–H and O–H groups in total. The van der Waals surface area contributed by atoms with Crippen LogP contribution in [-0.2, 0) is 6.54 Å². The van der Waals surface area contributed by atoms with Gasteiger partial charge in [-0.25, -0.2) is 0 Å². The van der Waals surface area contributed by atoms with Gasteiger partial charge in [0.2, 0.25) is 5.82 Å². The summed E-state index contributed by atoms with van der Waals surface area (Å²) < 4.78 is 0. The first-order valence-electron chi connectivity index (χ1n) is 7.29. The highest BCUT2D eigenvalue weighted by atomic mass is 15.6. The molecule has 0 spiro atoms. The van der Waals surface area contributed by atoms with Crippen LogP contribution in [0.5, 0.6) is 0 Å². The Morgan fingerprint density at radius 1 is 1.15 bits per heavy atom. The lowest BCUT2D eigenvalue weighted by Crippen LogP contribution is -2.22. The second-order valence-corrected chi connectivity index (χ2v) is 5.36. The van der Waals surface area contributed by atoms with Crippen molar-refractivity contribution in [3.05, 3.63) is 30.3 Å². The van der Waals surface area contributed by atoms with Crippen molar-refractivity contribution in [2.45, 2.75) is 33.2 Å². The Labute approximate surface area is 120 Å². The van der Waals surface area contributed by atoms with E-state index >= 15 is 0 Å². The molecule has 5 heteroatoms. The van der Waals surface area contributed by atoms with E-state index in [9.17, 15) is 0 Å². The second-order valence-electron chi connectivity index (χ2n) is 5.36. The number of hydrogen-bond donors (Lipinski definition) is 1. The first-order valence-corrected chi connectivity index (χ1v) is 7.29. The number of tetrazole rings is 1. The summed E-state index contributed by atoms with van der Waals surface area (Å²) in [6.07, 6.45) is 2.49. The molecule has 0 saturated heterocycles. The Morgan fingerprint density at radius 2 is 1.95 bits per heavy atom. The molecule has 0 bridgehead atoms. The van der Waals surface area contributed by atoms with Crippen molar-refractivity contribution in [3.8, 4) is 11.4 Å². The smallest absolute Gasteiger partial charge is 0.204 e.